The van der Waals surface area contributed by atoms with Crippen LogP contribution in [0.25, 0.3) is 0 Å². The first kappa shape index (κ1) is 15.3. The summed E-state index contributed by atoms with van der Waals surface area (Å²) in [6.45, 7) is 2.46. The molecule has 1 fully saturated rings. The number of rotatable bonds is 2. The van der Waals surface area contributed by atoms with E-state index in [2.05, 4.69) is 6.07 Å². The van der Waals surface area contributed by atoms with Gasteiger partial charge in [-0.1, -0.05) is 18.2 Å². The number of anilines is 1. The number of halogens is 1. The van der Waals surface area contributed by atoms with E-state index in [-0.39, 0.29) is 18.3 Å². The quantitative estimate of drug-likeness (QED) is 0.905. The van der Waals surface area contributed by atoms with E-state index in [4.69, 9.17) is 10.5 Å². The Balaban J connectivity index is 0.00000147. The highest BCUT2D eigenvalue weighted by Crippen LogP contribution is 2.36. The van der Waals surface area contributed by atoms with E-state index in [0.717, 1.165) is 31.5 Å². The molecule has 2 heterocycles. The lowest BCUT2D eigenvalue weighted by Gasteiger charge is -2.37. The van der Waals surface area contributed by atoms with Crippen LogP contribution in [0.5, 0.6) is 0 Å². The number of carbonyl (C=O) groups excluding carboxylic acids is 1. The number of nitrogens with zero attached hydrogens (tertiary/aromatic N) is 1. The normalized spacial score (nSPS) is 20.1. The first-order valence-corrected chi connectivity index (χ1v) is 6.94. The highest BCUT2D eigenvalue weighted by Gasteiger charge is 2.43. The van der Waals surface area contributed by atoms with E-state index in [9.17, 15) is 4.79 Å². The van der Waals surface area contributed by atoms with E-state index < -0.39 is 5.41 Å². The van der Waals surface area contributed by atoms with Gasteiger partial charge in [0.25, 0.3) is 0 Å². The maximum atomic E-state index is 12.9. The van der Waals surface area contributed by atoms with Gasteiger partial charge in [0.2, 0.25) is 5.91 Å². The summed E-state index contributed by atoms with van der Waals surface area (Å²) in [6, 6.07) is 8.15. The van der Waals surface area contributed by atoms with Gasteiger partial charge in [-0.2, -0.15) is 0 Å². The standard InChI is InChI=1S/C15H20N2O2.ClH/c16-11-15(6-9-19-10-7-15)14(18)17-8-5-12-3-1-2-4-13(12)17;/h1-4H,5-11,16H2;1H. The van der Waals surface area contributed by atoms with Crippen LogP contribution in [-0.4, -0.2) is 32.2 Å². The molecule has 2 N–H and O–H groups in total. The average Bonchev–Trinajstić information content (AvgIpc) is 2.91. The van der Waals surface area contributed by atoms with Gasteiger partial charge in [0.05, 0.1) is 5.41 Å². The van der Waals surface area contributed by atoms with E-state index in [0.29, 0.717) is 19.8 Å². The molecule has 2 aliphatic rings. The van der Waals surface area contributed by atoms with E-state index in [1.807, 2.05) is 23.1 Å². The van der Waals surface area contributed by atoms with Gasteiger partial charge >= 0.3 is 0 Å². The minimum atomic E-state index is -0.421. The minimum absolute atomic E-state index is 0. The molecule has 1 amide bonds. The Kier molecular flexibility index (Phi) is 4.68. The summed E-state index contributed by atoms with van der Waals surface area (Å²) in [5.41, 5.74) is 7.82. The van der Waals surface area contributed by atoms with Crippen LogP contribution in [0.3, 0.4) is 0 Å². The van der Waals surface area contributed by atoms with Gasteiger partial charge < -0.3 is 15.4 Å². The van der Waals surface area contributed by atoms with Crippen molar-refractivity contribution < 1.29 is 9.53 Å². The van der Waals surface area contributed by atoms with Crippen LogP contribution in [0.1, 0.15) is 18.4 Å². The van der Waals surface area contributed by atoms with Crippen LogP contribution in [0.4, 0.5) is 5.69 Å². The zero-order chi connectivity index (χ0) is 13.3. The molecule has 0 saturated carbocycles. The number of carbonyl (C=O) groups is 1. The number of ether oxygens (including phenoxy) is 1. The van der Waals surface area contributed by atoms with Gasteiger partial charge in [-0.25, -0.2) is 0 Å². The van der Waals surface area contributed by atoms with Gasteiger partial charge in [0, 0.05) is 32.0 Å². The third-order valence-corrected chi connectivity index (χ3v) is 4.43. The van der Waals surface area contributed by atoms with Crippen molar-refractivity contribution in [2.45, 2.75) is 19.3 Å². The highest BCUT2D eigenvalue weighted by atomic mass is 35.5. The summed E-state index contributed by atoms with van der Waals surface area (Å²) in [5.74, 6) is 0.184. The zero-order valence-electron chi connectivity index (χ0n) is 11.5. The highest BCUT2D eigenvalue weighted by molar-refractivity contribution is 5.99. The summed E-state index contributed by atoms with van der Waals surface area (Å²) < 4.78 is 5.38. The van der Waals surface area contributed by atoms with Gasteiger partial charge in [-0.15, -0.1) is 12.4 Å². The summed E-state index contributed by atoms with van der Waals surface area (Å²) in [7, 11) is 0. The Bertz CT molecular complexity index is 487. The Labute approximate surface area is 125 Å². The van der Waals surface area contributed by atoms with Crippen LogP contribution in [-0.2, 0) is 16.0 Å². The van der Waals surface area contributed by atoms with Crippen molar-refractivity contribution in [3.8, 4) is 0 Å². The van der Waals surface area contributed by atoms with E-state index in [1.165, 1.54) is 5.56 Å². The van der Waals surface area contributed by atoms with Gasteiger partial charge in [-0.3, -0.25) is 4.79 Å². The number of para-hydroxylation sites is 1. The van der Waals surface area contributed by atoms with Crippen LogP contribution in [0.15, 0.2) is 24.3 Å². The van der Waals surface area contributed by atoms with Crippen molar-refractivity contribution in [1.82, 2.24) is 0 Å². The lowest BCUT2D eigenvalue weighted by Crippen LogP contribution is -2.50. The second kappa shape index (κ2) is 6.12. The number of nitrogens with two attached hydrogens (primary N) is 1. The number of benzene rings is 1. The number of hydrogen-bond donors (Lipinski definition) is 1. The van der Waals surface area contributed by atoms with Gasteiger partial charge in [0.15, 0.2) is 0 Å². The lowest BCUT2D eigenvalue weighted by atomic mass is 9.79. The molecule has 1 aromatic carbocycles. The van der Waals surface area contributed by atoms with Crippen molar-refractivity contribution in [2.24, 2.45) is 11.1 Å². The smallest absolute Gasteiger partial charge is 0.234 e. The van der Waals surface area contributed by atoms with Crippen LogP contribution in [0.2, 0.25) is 0 Å². The Morgan fingerprint density at radius 2 is 2.00 bits per heavy atom. The fourth-order valence-corrected chi connectivity index (χ4v) is 3.10. The summed E-state index contributed by atoms with van der Waals surface area (Å²) in [4.78, 5) is 14.8. The zero-order valence-corrected chi connectivity index (χ0v) is 12.3. The third kappa shape index (κ3) is 2.43. The predicted octanol–water partition coefficient (Wildman–Crippen LogP) is 1.75. The second-order valence-corrected chi connectivity index (χ2v) is 5.43. The first-order valence-electron chi connectivity index (χ1n) is 6.94. The fraction of sp³-hybridized carbons (Fsp3) is 0.533. The maximum Gasteiger partial charge on any atom is 0.234 e. The van der Waals surface area contributed by atoms with E-state index >= 15 is 0 Å². The molecule has 0 radical (unpaired) electrons. The Morgan fingerprint density at radius 3 is 2.70 bits per heavy atom. The third-order valence-electron chi connectivity index (χ3n) is 4.43. The van der Waals surface area contributed by atoms with Crippen molar-refractivity contribution in [3.63, 3.8) is 0 Å². The predicted molar refractivity (Wildman–Crippen MR) is 81.3 cm³/mol. The maximum absolute atomic E-state index is 12.9. The molecular weight excluding hydrogens is 276 g/mol. The molecule has 0 unspecified atom stereocenters. The lowest BCUT2D eigenvalue weighted by molar-refractivity contribution is -0.132. The van der Waals surface area contributed by atoms with Crippen molar-refractivity contribution in [1.29, 1.82) is 0 Å². The summed E-state index contributed by atoms with van der Waals surface area (Å²) >= 11 is 0. The molecule has 110 valence electrons. The Hall–Kier alpha value is -1.10. The molecule has 3 rings (SSSR count). The van der Waals surface area contributed by atoms with Gasteiger partial charge in [0.1, 0.15) is 0 Å². The Morgan fingerprint density at radius 1 is 1.30 bits per heavy atom. The van der Waals surface area contributed by atoms with Crippen molar-refractivity contribution >= 4 is 24.0 Å². The largest absolute Gasteiger partial charge is 0.381 e. The molecule has 20 heavy (non-hydrogen) atoms. The molecule has 4 nitrogen and oxygen atoms in total. The molecule has 5 heteroatoms. The number of hydrogen-bond acceptors (Lipinski definition) is 3. The van der Waals surface area contributed by atoms with Crippen LogP contribution in [0, 0.1) is 5.41 Å². The van der Waals surface area contributed by atoms with Crippen LogP contribution < -0.4 is 10.6 Å². The van der Waals surface area contributed by atoms with E-state index in [1.54, 1.807) is 0 Å². The fourth-order valence-electron chi connectivity index (χ4n) is 3.10. The molecule has 2 aliphatic heterocycles. The molecule has 1 saturated heterocycles. The molecular formula is C15H21ClN2O2. The van der Waals surface area contributed by atoms with Gasteiger partial charge in [-0.05, 0) is 30.9 Å². The first-order chi connectivity index (χ1) is 9.27. The minimum Gasteiger partial charge on any atom is -0.381 e. The van der Waals surface area contributed by atoms with Crippen molar-refractivity contribution in [2.75, 3.05) is 31.2 Å². The number of fused-ring (bicyclic) bond motifs is 1. The number of amides is 1. The SMILES string of the molecule is Cl.NCC1(C(=O)N2CCc3ccccc32)CCOCC1. The average molecular weight is 297 g/mol. The monoisotopic (exact) mass is 296 g/mol. The van der Waals surface area contributed by atoms with Crippen molar-refractivity contribution in [3.05, 3.63) is 29.8 Å². The molecule has 0 atom stereocenters. The molecule has 0 aromatic heterocycles. The second-order valence-electron chi connectivity index (χ2n) is 5.43. The topological polar surface area (TPSA) is 55.6 Å². The van der Waals surface area contributed by atoms with Crippen LogP contribution >= 0.6 is 12.4 Å². The molecule has 0 bridgehead atoms. The molecule has 0 aliphatic carbocycles. The molecule has 1 aromatic rings. The summed E-state index contributed by atoms with van der Waals surface area (Å²) in [6.07, 6.45) is 2.42. The summed E-state index contributed by atoms with van der Waals surface area (Å²) in [5, 5.41) is 0. The molecule has 0 spiro atoms.